The highest BCUT2D eigenvalue weighted by atomic mass is 35.5. The molecular weight excluding hydrogens is 253 g/mol. The molecule has 1 aliphatic rings. The van der Waals surface area contributed by atoms with Crippen molar-refractivity contribution in [2.45, 2.75) is 6.10 Å². The predicted molar refractivity (Wildman–Crippen MR) is 61.2 cm³/mol. The monoisotopic (exact) mass is 261 g/mol. The molecule has 0 aromatic heterocycles. The molecule has 1 fully saturated rings. The molecule has 0 aliphatic carbocycles. The number of epoxide rings is 1. The molecule has 0 saturated carbocycles. The summed E-state index contributed by atoms with van der Waals surface area (Å²) in [7, 11) is 0. The van der Waals surface area contributed by atoms with Gasteiger partial charge in [0.2, 0.25) is 0 Å². The first-order valence-electron chi connectivity index (χ1n) is 4.66. The molecule has 2 rings (SSSR count). The molecule has 0 bridgehead atoms. The Balaban J connectivity index is 1.91. The molecule has 1 aromatic rings. The first-order chi connectivity index (χ1) is 7.66. The van der Waals surface area contributed by atoms with Gasteiger partial charge in [-0.2, -0.15) is 0 Å². The van der Waals surface area contributed by atoms with Crippen molar-refractivity contribution < 1.29 is 14.3 Å². The zero-order valence-corrected chi connectivity index (χ0v) is 9.72. The van der Waals surface area contributed by atoms with Gasteiger partial charge in [0.25, 0.3) is 0 Å². The molecule has 0 unspecified atom stereocenters. The molecule has 16 heavy (non-hydrogen) atoms. The van der Waals surface area contributed by atoms with E-state index in [2.05, 4.69) is 5.32 Å². The second-order valence-corrected chi connectivity index (χ2v) is 4.07. The van der Waals surface area contributed by atoms with Crippen molar-refractivity contribution in [3.05, 3.63) is 28.2 Å². The number of hydrogen-bond acceptors (Lipinski definition) is 3. The van der Waals surface area contributed by atoms with E-state index in [0.717, 1.165) is 0 Å². The van der Waals surface area contributed by atoms with E-state index in [1.807, 2.05) is 0 Å². The minimum atomic E-state index is -0.570. The molecule has 1 saturated heterocycles. The zero-order chi connectivity index (χ0) is 11.5. The minimum Gasteiger partial charge on any atom is -0.446 e. The quantitative estimate of drug-likeness (QED) is 0.852. The average molecular weight is 262 g/mol. The fraction of sp³-hybridized carbons (Fsp3) is 0.300. The van der Waals surface area contributed by atoms with E-state index >= 15 is 0 Å². The van der Waals surface area contributed by atoms with Crippen molar-refractivity contribution in [3.8, 4) is 0 Å². The molecule has 1 aromatic carbocycles. The maximum Gasteiger partial charge on any atom is 0.411 e. The maximum absolute atomic E-state index is 11.3. The van der Waals surface area contributed by atoms with Crippen LogP contribution in [0.25, 0.3) is 0 Å². The summed E-state index contributed by atoms with van der Waals surface area (Å²) in [4.78, 5) is 11.3. The number of halogens is 2. The smallest absolute Gasteiger partial charge is 0.411 e. The molecule has 6 heteroatoms. The average Bonchev–Trinajstić information content (AvgIpc) is 3.06. The number of ether oxygens (including phenoxy) is 2. The third kappa shape index (κ3) is 3.01. The van der Waals surface area contributed by atoms with Crippen LogP contribution in [0.15, 0.2) is 18.2 Å². The van der Waals surface area contributed by atoms with Crippen LogP contribution in [0.1, 0.15) is 0 Å². The normalized spacial score (nSPS) is 18.0. The summed E-state index contributed by atoms with van der Waals surface area (Å²) in [5.41, 5.74) is 0.427. The number of hydrogen-bond donors (Lipinski definition) is 1. The van der Waals surface area contributed by atoms with Gasteiger partial charge in [-0.1, -0.05) is 29.3 Å². The Morgan fingerprint density at radius 3 is 3.00 bits per heavy atom. The topological polar surface area (TPSA) is 50.9 Å². The fourth-order valence-electron chi connectivity index (χ4n) is 1.08. The highest BCUT2D eigenvalue weighted by molar-refractivity contribution is 6.43. The zero-order valence-electron chi connectivity index (χ0n) is 8.20. The van der Waals surface area contributed by atoms with Gasteiger partial charge < -0.3 is 9.47 Å². The molecule has 4 nitrogen and oxygen atoms in total. The summed E-state index contributed by atoms with van der Waals surface area (Å²) in [6.07, 6.45) is -0.528. The molecule has 1 amide bonds. The van der Waals surface area contributed by atoms with Crippen LogP contribution in [0, 0.1) is 0 Å². The van der Waals surface area contributed by atoms with Gasteiger partial charge in [0.1, 0.15) is 12.7 Å². The Morgan fingerprint density at radius 1 is 1.56 bits per heavy atom. The first-order valence-corrected chi connectivity index (χ1v) is 5.42. The number of benzene rings is 1. The van der Waals surface area contributed by atoms with Crippen LogP contribution in [0.2, 0.25) is 10.0 Å². The summed E-state index contributed by atoms with van der Waals surface area (Å²) in [6, 6.07) is 4.97. The van der Waals surface area contributed by atoms with Crippen LogP contribution in [0.3, 0.4) is 0 Å². The van der Waals surface area contributed by atoms with Gasteiger partial charge >= 0.3 is 6.09 Å². The van der Waals surface area contributed by atoms with Gasteiger partial charge in [0.05, 0.1) is 22.3 Å². The number of nitrogens with one attached hydrogen (secondary N) is 1. The fourth-order valence-corrected chi connectivity index (χ4v) is 1.43. The molecule has 1 atom stereocenters. The summed E-state index contributed by atoms with van der Waals surface area (Å²) < 4.78 is 9.79. The SMILES string of the molecule is O=C(Nc1cccc(Cl)c1Cl)OC[C@@H]1CO1. The summed E-state index contributed by atoms with van der Waals surface area (Å²) in [5.74, 6) is 0. The lowest BCUT2D eigenvalue weighted by molar-refractivity contribution is 0.150. The molecule has 0 radical (unpaired) electrons. The van der Waals surface area contributed by atoms with Crippen molar-refractivity contribution in [1.82, 2.24) is 0 Å². The first kappa shape index (κ1) is 11.5. The van der Waals surface area contributed by atoms with Gasteiger partial charge in [-0.3, -0.25) is 5.32 Å². The van der Waals surface area contributed by atoms with Crippen molar-refractivity contribution in [1.29, 1.82) is 0 Å². The number of carbonyl (C=O) groups is 1. The molecular formula is C10H9Cl2NO3. The number of rotatable bonds is 3. The Bertz CT molecular complexity index is 407. The standard InChI is InChI=1S/C10H9Cl2NO3/c11-7-2-1-3-8(9(7)12)13-10(14)16-5-6-4-15-6/h1-3,6H,4-5H2,(H,13,14)/t6-/m0/s1. The van der Waals surface area contributed by atoms with Crippen LogP contribution in [0.4, 0.5) is 10.5 Å². The lowest BCUT2D eigenvalue weighted by Crippen LogP contribution is -2.16. The van der Waals surface area contributed by atoms with E-state index in [9.17, 15) is 4.79 Å². The van der Waals surface area contributed by atoms with Crippen molar-refractivity contribution >= 4 is 35.0 Å². The molecule has 1 heterocycles. The Morgan fingerprint density at radius 2 is 2.31 bits per heavy atom. The van der Waals surface area contributed by atoms with Gasteiger partial charge in [-0.05, 0) is 12.1 Å². The van der Waals surface area contributed by atoms with E-state index in [0.29, 0.717) is 22.3 Å². The number of anilines is 1. The highest BCUT2D eigenvalue weighted by Crippen LogP contribution is 2.29. The van der Waals surface area contributed by atoms with Gasteiger partial charge in [-0.15, -0.1) is 0 Å². The lowest BCUT2D eigenvalue weighted by atomic mass is 10.3. The summed E-state index contributed by atoms with van der Waals surface area (Å²) >= 11 is 11.7. The van der Waals surface area contributed by atoms with E-state index in [1.165, 1.54) is 0 Å². The third-order valence-electron chi connectivity index (χ3n) is 1.99. The molecule has 86 valence electrons. The molecule has 1 aliphatic heterocycles. The largest absolute Gasteiger partial charge is 0.446 e. The van der Waals surface area contributed by atoms with Crippen molar-refractivity contribution in [2.75, 3.05) is 18.5 Å². The number of carbonyl (C=O) groups excluding carboxylic acids is 1. The number of amides is 1. The summed E-state index contributed by atoms with van der Waals surface area (Å²) in [5, 5.41) is 3.18. The summed E-state index contributed by atoms with van der Waals surface area (Å²) in [6.45, 7) is 0.898. The van der Waals surface area contributed by atoms with Gasteiger partial charge in [-0.25, -0.2) is 4.79 Å². The van der Waals surface area contributed by atoms with E-state index in [4.69, 9.17) is 32.7 Å². The minimum absolute atomic E-state index is 0.0422. The second kappa shape index (κ2) is 4.91. The Hall–Kier alpha value is -0.970. The Kier molecular flexibility index (Phi) is 3.53. The maximum atomic E-state index is 11.3. The predicted octanol–water partition coefficient (Wildman–Crippen LogP) is 2.94. The van der Waals surface area contributed by atoms with Crippen LogP contribution in [-0.4, -0.2) is 25.4 Å². The van der Waals surface area contributed by atoms with Crippen LogP contribution in [0.5, 0.6) is 0 Å². The van der Waals surface area contributed by atoms with Gasteiger partial charge in [0.15, 0.2) is 0 Å². The molecule has 0 spiro atoms. The molecule has 1 N–H and O–H groups in total. The Labute approximate surface area is 102 Å². The van der Waals surface area contributed by atoms with E-state index < -0.39 is 6.09 Å². The van der Waals surface area contributed by atoms with Gasteiger partial charge in [0, 0.05) is 0 Å². The van der Waals surface area contributed by atoms with Crippen LogP contribution < -0.4 is 5.32 Å². The highest BCUT2D eigenvalue weighted by Gasteiger charge is 2.24. The van der Waals surface area contributed by atoms with Crippen LogP contribution in [-0.2, 0) is 9.47 Å². The van der Waals surface area contributed by atoms with Crippen LogP contribution >= 0.6 is 23.2 Å². The van der Waals surface area contributed by atoms with E-state index in [1.54, 1.807) is 18.2 Å². The van der Waals surface area contributed by atoms with E-state index in [-0.39, 0.29) is 12.7 Å². The third-order valence-corrected chi connectivity index (χ3v) is 2.81. The van der Waals surface area contributed by atoms with Crippen molar-refractivity contribution in [3.63, 3.8) is 0 Å². The lowest BCUT2D eigenvalue weighted by Gasteiger charge is -2.08. The second-order valence-electron chi connectivity index (χ2n) is 3.28. The van der Waals surface area contributed by atoms with Crippen molar-refractivity contribution in [2.24, 2.45) is 0 Å².